The van der Waals surface area contributed by atoms with Crippen molar-refractivity contribution in [2.24, 2.45) is 0 Å². The maximum atomic E-state index is 12.1. The Balaban J connectivity index is 1.70. The van der Waals surface area contributed by atoms with Crippen molar-refractivity contribution < 1.29 is 19.0 Å². The Bertz CT molecular complexity index is 560. The summed E-state index contributed by atoms with van der Waals surface area (Å²) in [4.78, 5) is 13.9. The van der Waals surface area contributed by atoms with Gasteiger partial charge in [-0.25, -0.2) is 0 Å². The number of epoxide rings is 1. The summed E-state index contributed by atoms with van der Waals surface area (Å²) in [5.41, 5.74) is 0.837. The first-order valence-corrected chi connectivity index (χ1v) is 7.66. The molecule has 1 aromatic carbocycles. The Morgan fingerprint density at radius 1 is 1.41 bits per heavy atom. The Kier molecular flexibility index (Phi) is 4.63. The average Bonchev–Trinajstić information content (AvgIpc) is 3.21. The van der Waals surface area contributed by atoms with E-state index in [1.54, 1.807) is 19.3 Å². The van der Waals surface area contributed by atoms with E-state index in [9.17, 15) is 4.79 Å². The highest BCUT2D eigenvalue weighted by atomic mass is 16.6. The zero-order valence-electron chi connectivity index (χ0n) is 12.8. The lowest BCUT2D eigenvalue weighted by Gasteiger charge is -2.13. The highest BCUT2D eigenvalue weighted by molar-refractivity contribution is 5.92. The molecule has 0 radical (unpaired) electrons. The molecule has 2 saturated heterocycles. The van der Waals surface area contributed by atoms with Gasteiger partial charge in [-0.3, -0.25) is 4.79 Å². The van der Waals surface area contributed by atoms with Crippen molar-refractivity contribution in [2.45, 2.75) is 18.9 Å². The summed E-state index contributed by atoms with van der Waals surface area (Å²) in [7, 11) is 1.61. The minimum atomic E-state index is 0.0530. The van der Waals surface area contributed by atoms with Gasteiger partial charge in [-0.15, -0.1) is 0 Å². The lowest BCUT2D eigenvalue weighted by Crippen LogP contribution is -2.25. The van der Waals surface area contributed by atoms with Crippen LogP contribution in [-0.2, 0) is 9.53 Å². The summed E-state index contributed by atoms with van der Waals surface area (Å²) in [6, 6.07) is 5.67. The molecule has 0 saturated carbocycles. The van der Waals surface area contributed by atoms with Gasteiger partial charge in [0.15, 0.2) is 11.5 Å². The monoisotopic (exact) mass is 303 g/mol. The number of ether oxygens (including phenoxy) is 3. The minimum absolute atomic E-state index is 0.0530. The molecule has 0 bridgehead atoms. The second-order valence-corrected chi connectivity index (χ2v) is 5.51. The van der Waals surface area contributed by atoms with Gasteiger partial charge >= 0.3 is 0 Å². The number of amides is 1. The van der Waals surface area contributed by atoms with E-state index in [0.717, 1.165) is 38.1 Å². The quantitative estimate of drug-likeness (QED) is 0.596. The fourth-order valence-corrected chi connectivity index (χ4v) is 2.55. The van der Waals surface area contributed by atoms with Crippen LogP contribution in [0.2, 0.25) is 0 Å². The molecular formula is C17H21NO4. The summed E-state index contributed by atoms with van der Waals surface area (Å²) in [5, 5.41) is 0. The van der Waals surface area contributed by atoms with Crippen LogP contribution in [0, 0.1) is 0 Å². The van der Waals surface area contributed by atoms with Gasteiger partial charge in [0.05, 0.1) is 13.7 Å². The Hall–Kier alpha value is -2.01. The van der Waals surface area contributed by atoms with Crippen molar-refractivity contribution in [3.8, 4) is 11.5 Å². The Morgan fingerprint density at radius 2 is 2.18 bits per heavy atom. The largest absolute Gasteiger partial charge is 0.492 e. The molecule has 0 aliphatic carbocycles. The molecule has 3 rings (SSSR count). The maximum Gasteiger partial charge on any atom is 0.246 e. The topological polar surface area (TPSA) is 51.3 Å². The molecule has 1 unspecified atom stereocenters. The van der Waals surface area contributed by atoms with Crippen molar-refractivity contribution in [1.29, 1.82) is 0 Å². The third-order valence-electron chi connectivity index (χ3n) is 3.86. The van der Waals surface area contributed by atoms with Crippen molar-refractivity contribution >= 4 is 12.0 Å². The van der Waals surface area contributed by atoms with E-state index >= 15 is 0 Å². The SMILES string of the molecule is COc1c(/C=C/C(=O)N2CCCC2)cccc1OCC1CO1. The smallest absolute Gasteiger partial charge is 0.246 e. The van der Waals surface area contributed by atoms with Gasteiger partial charge in [-0.1, -0.05) is 12.1 Å². The molecule has 2 heterocycles. The molecule has 118 valence electrons. The lowest BCUT2D eigenvalue weighted by molar-refractivity contribution is -0.124. The van der Waals surface area contributed by atoms with Gasteiger partial charge in [-0.2, -0.15) is 0 Å². The number of nitrogens with zero attached hydrogens (tertiary/aromatic N) is 1. The van der Waals surface area contributed by atoms with E-state index in [4.69, 9.17) is 14.2 Å². The molecule has 0 spiro atoms. The highest BCUT2D eigenvalue weighted by Crippen LogP contribution is 2.32. The number of rotatable bonds is 6. The van der Waals surface area contributed by atoms with Gasteiger partial charge in [0.25, 0.3) is 0 Å². The van der Waals surface area contributed by atoms with E-state index < -0.39 is 0 Å². The van der Waals surface area contributed by atoms with Crippen LogP contribution in [0.3, 0.4) is 0 Å². The third-order valence-corrected chi connectivity index (χ3v) is 3.86. The number of hydrogen-bond donors (Lipinski definition) is 0. The summed E-state index contributed by atoms with van der Waals surface area (Å²) in [5.74, 6) is 1.37. The molecule has 22 heavy (non-hydrogen) atoms. The molecular weight excluding hydrogens is 282 g/mol. The van der Waals surface area contributed by atoms with E-state index in [1.807, 2.05) is 23.1 Å². The van der Waals surface area contributed by atoms with E-state index in [0.29, 0.717) is 18.1 Å². The predicted octanol–water partition coefficient (Wildman–Crippen LogP) is 2.11. The molecule has 5 heteroatoms. The number of likely N-dealkylation sites (tertiary alicyclic amines) is 1. The van der Waals surface area contributed by atoms with Gasteiger partial charge in [0.1, 0.15) is 12.7 Å². The molecule has 1 aromatic rings. The zero-order valence-corrected chi connectivity index (χ0v) is 12.8. The van der Waals surface area contributed by atoms with Crippen LogP contribution >= 0.6 is 0 Å². The van der Waals surface area contributed by atoms with E-state index in [-0.39, 0.29) is 12.0 Å². The first-order valence-electron chi connectivity index (χ1n) is 7.66. The summed E-state index contributed by atoms with van der Waals surface area (Å²) >= 11 is 0. The maximum absolute atomic E-state index is 12.1. The first kappa shape index (κ1) is 14.9. The second kappa shape index (κ2) is 6.83. The van der Waals surface area contributed by atoms with E-state index in [1.165, 1.54) is 0 Å². The van der Waals surface area contributed by atoms with Crippen molar-refractivity contribution in [3.05, 3.63) is 29.8 Å². The predicted molar refractivity (Wildman–Crippen MR) is 83.1 cm³/mol. The number of carbonyl (C=O) groups is 1. The number of methoxy groups -OCH3 is 1. The van der Waals surface area contributed by atoms with Crippen LogP contribution in [-0.4, -0.2) is 50.3 Å². The third kappa shape index (κ3) is 3.60. The molecule has 2 aliphatic rings. The highest BCUT2D eigenvalue weighted by Gasteiger charge is 2.24. The van der Waals surface area contributed by atoms with Crippen LogP contribution in [0.5, 0.6) is 11.5 Å². The van der Waals surface area contributed by atoms with Gasteiger partial charge in [-0.05, 0) is 25.0 Å². The minimum Gasteiger partial charge on any atom is -0.492 e. The number of hydrogen-bond acceptors (Lipinski definition) is 4. The second-order valence-electron chi connectivity index (χ2n) is 5.51. The molecule has 5 nitrogen and oxygen atoms in total. The fourth-order valence-electron chi connectivity index (χ4n) is 2.55. The summed E-state index contributed by atoms with van der Waals surface area (Å²) in [6.07, 6.45) is 5.78. The molecule has 2 fully saturated rings. The summed E-state index contributed by atoms with van der Waals surface area (Å²) < 4.78 is 16.3. The zero-order chi connectivity index (χ0) is 15.4. The number of benzene rings is 1. The van der Waals surface area contributed by atoms with Crippen LogP contribution in [0.4, 0.5) is 0 Å². The molecule has 1 amide bonds. The first-order chi connectivity index (χ1) is 10.8. The van der Waals surface area contributed by atoms with Crippen molar-refractivity contribution in [3.63, 3.8) is 0 Å². The van der Waals surface area contributed by atoms with Crippen LogP contribution < -0.4 is 9.47 Å². The standard InChI is InChI=1S/C17H21NO4/c1-20-17-13(7-8-16(19)18-9-2-3-10-18)5-4-6-15(17)22-12-14-11-21-14/h4-8,14H,2-3,9-12H2,1H3/b8-7+. The number of para-hydroxylation sites is 1. The Morgan fingerprint density at radius 3 is 2.86 bits per heavy atom. The lowest BCUT2D eigenvalue weighted by atomic mass is 10.1. The average molecular weight is 303 g/mol. The van der Waals surface area contributed by atoms with Crippen LogP contribution in [0.15, 0.2) is 24.3 Å². The van der Waals surface area contributed by atoms with Crippen LogP contribution in [0.1, 0.15) is 18.4 Å². The summed E-state index contributed by atoms with van der Waals surface area (Å²) in [6.45, 7) is 2.98. The Labute approximate surface area is 130 Å². The molecule has 1 atom stereocenters. The molecule has 0 N–H and O–H groups in total. The molecule has 0 aromatic heterocycles. The van der Waals surface area contributed by atoms with Crippen molar-refractivity contribution in [1.82, 2.24) is 4.90 Å². The molecule has 2 aliphatic heterocycles. The van der Waals surface area contributed by atoms with Gasteiger partial charge in [0, 0.05) is 24.7 Å². The van der Waals surface area contributed by atoms with Crippen molar-refractivity contribution in [2.75, 3.05) is 33.4 Å². The fraction of sp³-hybridized carbons (Fsp3) is 0.471. The number of carbonyl (C=O) groups excluding carboxylic acids is 1. The van der Waals surface area contributed by atoms with Crippen LogP contribution in [0.25, 0.3) is 6.08 Å². The van der Waals surface area contributed by atoms with Gasteiger partial charge < -0.3 is 19.1 Å². The van der Waals surface area contributed by atoms with E-state index in [2.05, 4.69) is 0 Å². The normalized spacial score (nSPS) is 20.4. The van der Waals surface area contributed by atoms with Gasteiger partial charge in [0.2, 0.25) is 5.91 Å².